The van der Waals surface area contributed by atoms with E-state index in [1.165, 1.54) is 14.2 Å². The highest BCUT2D eigenvalue weighted by atomic mass is 16.8. The maximum absolute atomic E-state index is 10.9. The van der Waals surface area contributed by atoms with Gasteiger partial charge in [-0.2, -0.15) is 0 Å². The fraction of sp³-hybridized carbons (Fsp3) is 0.217. The summed E-state index contributed by atoms with van der Waals surface area (Å²) in [6, 6.07) is 30.5. The molecule has 0 amide bonds. The van der Waals surface area contributed by atoms with Crippen LogP contribution in [0.5, 0.6) is 0 Å². The summed E-state index contributed by atoms with van der Waals surface area (Å²) in [7, 11) is 2.91. The molecule has 0 unspecified atom stereocenters. The van der Waals surface area contributed by atoms with Crippen LogP contribution in [0.1, 0.15) is 23.1 Å². The van der Waals surface area contributed by atoms with Crippen LogP contribution >= 0.6 is 0 Å². The van der Waals surface area contributed by atoms with Gasteiger partial charge in [0.2, 0.25) is 0 Å². The average Bonchev–Trinajstić information content (AvgIpc) is 2.74. The summed E-state index contributed by atoms with van der Waals surface area (Å²) in [6.45, 7) is 0. The molecule has 0 aromatic heterocycles. The van der Waals surface area contributed by atoms with E-state index in [0.29, 0.717) is 0 Å². The zero-order chi connectivity index (χ0) is 18.5. The summed E-state index contributed by atoms with van der Waals surface area (Å²) in [5.41, 5.74) is 2.55. The van der Waals surface area contributed by atoms with Crippen LogP contribution in [-0.4, -0.2) is 25.3 Å². The van der Waals surface area contributed by atoms with Gasteiger partial charge in [-0.15, -0.1) is 0 Å². The molecular formula is C23H24O3. The maximum atomic E-state index is 10.9. The minimum atomic E-state index is -1.72. The van der Waals surface area contributed by atoms with Crippen molar-refractivity contribution >= 4 is 0 Å². The van der Waals surface area contributed by atoms with E-state index in [9.17, 15) is 5.11 Å². The molecular weight excluding hydrogens is 324 g/mol. The first-order valence-electron chi connectivity index (χ1n) is 8.64. The van der Waals surface area contributed by atoms with Crippen LogP contribution in [0.25, 0.3) is 0 Å². The van der Waals surface area contributed by atoms with Crippen LogP contribution in [0, 0.1) is 0 Å². The van der Waals surface area contributed by atoms with Gasteiger partial charge in [0.1, 0.15) is 0 Å². The van der Waals surface area contributed by atoms with Gasteiger partial charge in [0.15, 0.2) is 0 Å². The first-order valence-corrected chi connectivity index (χ1v) is 8.64. The minimum absolute atomic E-state index is 0.213. The molecule has 1 N–H and O–H groups in total. The van der Waals surface area contributed by atoms with Gasteiger partial charge in [-0.25, -0.2) is 0 Å². The largest absolute Gasteiger partial charge is 0.343 e. The lowest BCUT2D eigenvalue weighted by atomic mass is 9.66. The molecule has 0 atom stereocenters. The summed E-state index contributed by atoms with van der Waals surface area (Å²) in [6.07, 6.45) is 0.213. The van der Waals surface area contributed by atoms with Crippen molar-refractivity contribution in [3.63, 3.8) is 0 Å². The summed E-state index contributed by atoms with van der Waals surface area (Å²) in [4.78, 5) is 0. The lowest BCUT2D eigenvalue weighted by Crippen LogP contribution is -2.44. The Balaban J connectivity index is 2.32. The van der Waals surface area contributed by atoms with E-state index < -0.39 is 11.4 Å². The highest BCUT2D eigenvalue weighted by Gasteiger charge is 2.44. The molecule has 0 heterocycles. The van der Waals surface area contributed by atoms with Gasteiger partial charge in [0, 0.05) is 20.6 Å². The van der Waals surface area contributed by atoms with Crippen LogP contribution in [0.15, 0.2) is 91.0 Å². The zero-order valence-corrected chi connectivity index (χ0v) is 15.1. The Morgan fingerprint density at radius 3 is 1.19 bits per heavy atom. The monoisotopic (exact) mass is 348 g/mol. The minimum Gasteiger partial charge on any atom is -0.343 e. The topological polar surface area (TPSA) is 38.7 Å². The molecule has 3 aromatic carbocycles. The first kappa shape index (κ1) is 18.3. The summed E-state index contributed by atoms with van der Waals surface area (Å²) < 4.78 is 10.7. The Kier molecular flexibility index (Phi) is 5.52. The number of hydrogen-bond acceptors (Lipinski definition) is 3. The lowest BCUT2D eigenvalue weighted by molar-refractivity contribution is -0.346. The van der Waals surface area contributed by atoms with Crippen molar-refractivity contribution < 1.29 is 14.6 Å². The van der Waals surface area contributed by atoms with E-state index in [1.807, 2.05) is 54.6 Å². The van der Waals surface area contributed by atoms with E-state index in [1.54, 1.807) is 0 Å². The molecule has 0 fully saturated rings. The summed E-state index contributed by atoms with van der Waals surface area (Å²) in [5, 5.41) is 10.9. The first-order chi connectivity index (χ1) is 12.6. The van der Waals surface area contributed by atoms with Gasteiger partial charge in [0.25, 0.3) is 5.97 Å². The van der Waals surface area contributed by atoms with E-state index in [4.69, 9.17) is 9.47 Å². The number of ether oxygens (including phenoxy) is 2. The SMILES string of the molecule is COC(O)(CC(c1ccccc1)(c1ccccc1)c1ccccc1)OC. The van der Waals surface area contributed by atoms with Crippen LogP contribution in [0.3, 0.4) is 0 Å². The summed E-state index contributed by atoms with van der Waals surface area (Å²) >= 11 is 0. The van der Waals surface area contributed by atoms with Crippen molar-refractivity contribution in [1.82, 2.24) is 0 Å². The second kappa shape index (κ2) is 7.83. The number of methoxy groups -OCH3 is 2. The molecule has 3 aromatic rings. The molecule has 3 rings (SSSR count). The number of hydrogen-bond donors (Lipinski definition) is 1. The Labute approximate surface area is 154 Å². The highest BCUT2D eigenvalue weighted by molar-refractivity contribution is 5.50. The average molecular weight is 348 g/mol. The third kappa shape index (κ3) is 3.42. The van der Waals surface area contributed by atoms with E-state index >= 15 is 0 Å². The predicted molar refractivity (Wildman–Crippen MR) is 103 cm³/mol. The second-order valence-corrected chi connectivity index (χ2v) is 6.30. The van der Waals surface area contributed by atoms with Crippen LogP contribution in [0.4, 0.5) is 0 Å². The molecule has 0 bridgehead atoms. The second-order valence-electron chi connectivity index (χ2n) is 6.30. The molecule has 0 spiro atoms. The molecule has 0 aliphatic rings. The standard InChI is InChI=1S/C23H24O3/c1-25-23(24,26-2)18-22(19-12-6-3-7-13-19,20-14-8-4-9-15-20)21-16-10-5-11-17-21/h3-17,24H,18H2,1-2H3. The molecule has 0 saturated heterocycles. The Morgan fingerprint density at radius 2 is 0.923 bits per heavy atom. The fourth-order valence-electron chi connectivity index (χ4n) is 3.54. The number of aliphatic hydroxyl groups is 1. The van der Waals surface area contributed by atoms with E-state index in [-0.39, 0.29) is 6.42 Å². The molecule has 0 aliphatic heterocycles. The highest BCUT2D eigenvalue weighted by Crippen LogP contribution is 2.45. The predicted octanol–water partition coefficient (Wildman–Crippen LogP) is 4.35. The van der Waals surface area contributed by atoms with Crippen molar-refractivity contribution in [2.24, 2.45) is 0 Å². The molecule has 0 saturated carbocycles. The number of benzene rings is 3. The van der Waals surface area contributed by atoms with Gasteiger partial charge in [-0.1, -0.05) is 91.0 Å². The molecule has 26 heavy (non-hydrogen) atoms. The summed E-state index contributed by atoms with van der Waals surface area (Å²) in [5.74, 6) is -1.72. The van der Waals surface area contributed by atoms with Crippen LogP contribution < -0.4 is 0 Å². The van der Waals surface area contributed by atoms with Gasteiger partial charge < -0.3 is 14.6 Å². The molecule has 0 radical (unpaired) electrons. The Bertz CT molecular complexity index is 700. The van der Waals surface area contributed by atoms with E-state index in [0.717, 1.165) is 16.7 Å². The zero-order valence-electron chi connectivity index (χ0n) is 15.1. The molecule has 3 nitrogen and oxygen atoms in total. The normalized spacial score (nSPS) is 12.1. The quantitative estimate of drug-likeness (QED) is 0.510. The van der Waals surface area contributed by atoms with E-state index in [2.05, 4.69) is 36.4 Å². The lowest BCUT2D eigenvalue weighted by Gasteiger charge is -2.40. The van der Waals surface area contributed by atoms with Crippen molar-refractivity contribution in [3.05, 3.63) is 108 Å². The number of rotatable bonds is 7. The molecule has 3 heteroatoms. The molecule has 0 aliphatic carbocycles. The van der Waals surface area contributed by atoms with Crippen molar-refractivity contribution in [1.29, 1.82) is 0 Å². The Hall–Kier alpha value is -2.46. The Morgan fingerprint density at radius 1 is 0.615 bits per heavy atom. The van der Waals surface area contributed by atoms with Gasteiger partial charge >= 0.3 is 0 Å². The third-order valence-corrected chi connectivity index (χ3v) is 4.93. The van der Waals surface area contributed by atoms with Gasteiger partial charge in [-0.3, -0.25) is 0 Å². The third-order valence-electron chi connectivity index (χ3n) is 4.93. The van der Waals surface area contributed by atoms with Crippen LogP contribution in [-0.2, 0) is 14.9 Å². The van der Waals surface area contributed by atoms with Crippen molar-refractivity contribution in [3.8, 4) is 0 Å². The smallest absolute Gasteiger partial charge is 0.281 e. The van der Waals surface area contributed by atoms with Gasteiger partial charge in [0.05, 0.1) is 5.41 Å². The van der Waals surface area contributed by atoms with Crippen molar-refractivity contribution in [2.75, 3.05) is 14.2 Å². The van der Waals surface area contributed by atoms with Crippen LogP contribution in [0.2, 0.25) is 0 Å². The van der Waals surface area contributed by atoms with Gasteiger partial charge in [-0.05, 0) is 16.7 Å². The molecule has 134 valence electrons. The maximum Gasteiger partial charge on any atom is 0.281 e. The fourth-order valence-corrected chi connectivity index (χ4v) is 3.54. The van der Waals surface area contributed by atoms with Crippen molar-refractivity contribution in [2.45, 2.75) is 17.8 Å².